The van der Waals surface area contributed by atoms with Gasteiger partial charge in [0.05, 0.1) is 10.9 Å². The second-order valence-electron chi connectivity index (χ2n) is 4.72. The van der Waals surface area contributed by atoms with E-state index in [1.165, 1.54) is 17.8 Å². The molecular formula is C12H14FN5S. The summed E-state index contributed by atoms with van der Waals surface area (Å²) in [4.78, 5) is 0.515. The molecule has 2 aromatic rings. The van der Waals surface area contributed by atoms with Crippen molar-refractivity contribution in [2.45, 2.75) is 41.9 Å². The summed E-state index contributed by atoms with van der Waals surface area (Å²) < 4.78 is 15.8. The third-order valence-electron chi connectivity index (χ3n) is 3.04. The predicted molar refractivity (Wildman–Crippen MR) is 69.2 cm³/mol. The monoisotopic (exact) mass is 279 g/mol. The van der Waals surface area contributed by atoms with Gasteiger partial charge in [0.25, 0.3) is 0 Å². The van der Waals surface area contributed by atoms with E-state index in [1.807, 2.05) is 13.0 Å². The van der Waals surface area contributed by atoms with Gasteiger partial charge in [-0.05, 0) is 59.7 Å². The summed E-state index contributed by atoms with van der Waals surface area (Å²) in [5.41, 5.74) is 6.51. The van der Waals surface area contributed by atoms with Crippen molar-refractivity contribution in [1.82, 2.24) is 20.2 Å². The molecule has 0 aliphatic heterocycles. The van der Waals surface area contributed by atoms with Crippen molar-refractivity contribution >= 4 is 11.8 Å². The van der Waals surface area contributed by atoms with Crippen LogP contribution in [0.2, 0.25) is 0 Å². The number of nitrogens with two attached hydrogens (primary N) is 1. The standard InChI is InChI=1S/C12H14FN5S/c1-7(14)8-2-5-11(10(13)6-8)19-12-15-16-17-18(12)9-3-4-9/h2,5-7,9H,3-4,14H2,1H3. The normalized spacial score (nSPS) is 16.6. The summed E-state index contributed by atoms with van der Waals surface area (Å²) in [5, 5.41) is 12.2. The Morgan fingerprint density at radius 3 is 2.89 bits per heavy atom. The molecule has 1 fully saturated rings. The van der Waals surface area contributed by atoms with Gasteiger partial charge in [-0.3, -0.25) is 0 Å². The Morgan fingerprint density at radius 2 is 2.26 bits per heavy atom. The van der Waals surface area contributed by atoms with E-state index >= 15 is 0 Å². The van der Waals surface area contributed by atoms with Crippen LogP contribution in [0, 0.1) is 5.82 Å². The van der Waals surface area contributed by atoms with Crippen molar-refractivity contribution in [3.05, 3.63) is 29.6 Å². The van der Waals surface area contributed by atoms with Crippen molar-refractivity contribution in [2.75, 3.05) is 0 Å². The van der Waals surface area contributed by atoms with E-state index in [1.54, 1.807) is 10.7 Å². The Bertz CT molecular complexity index is 594. The summed E-state index contributed by atoms with van der Waals surface area (Å²) in [7, 11) is 0. The van der Waals surface area contributed by atoms with Gasteiger partial charge in [0, 0.05) is 6.04 Å². The zero-order valence-electron chi connectivity index (χ0n) is 10.5. The number of aromatic nitrogens is 4. The number of benzene rings is 1. The number of nitrogens with zero attached hydrogens (tertiary/aromatic N) is 4. The first kappa shape index (κ1) is 12.6. The van der Waals surface area contributed by atoms with Crippen LogP contribution in [0.15, 0.2) is 28.3 Å². The molecule has 0 bridgehead atoms. The highest BCUT2D eigenvalue weighted by Crippen LogP contribution is 2.38. The van der Waals surface area contributed by atoms with Gasteiger partial charge in [0.2, 0.25) is 5.16 Å². The van der Waals surface area contributed by atoms with Crippen molar-refractivity contribution in [2.24, 2.45) is 5.73 Å². The van der Waals surface area contributed by atoms with Crippen molar-refractivity contribution in [3.8, 4) is 0 Å². The quantitative estimate of drug-likeness (QED) is 0.930. The van der Waals surface area contributed by atoms with Gasteiger partial charge in [-0.15, -0.1) is 5.10 Å². The van der Waals surface area contributed by atoms with Crippen LogP contribution in [0.25, 0.3) is 0 Å². The van der Waals surface area contributed by atoms with Crippen LogP contribution in [-0.2, 0) is 0 Å². The van der Waals surface area contributed by atoms with E-state index < -0.39 is 0 Å². The summed E-state index contributed by atoms with van der Waals surface area (Å²) in [6, 6.07) is 5.23. The molecule has 0 radical (unpaired) electrons. The molecule has 2 N–H and O–H groups in total. The maximum Gasteiger partial charge on any atom is 0.214 e. The van der Waals surface area contributed by atoms with Gasteiger partial charge < -0.3 is 5.73 Å². The molecule has 1 aromatic heterocycles. The van der Waals surface area contributed by atoms with E-state index in [-0.39, 0.29) is 11.9 Å². The number of halogens is 1. The number of tetrazole rings is 1. The summed E-state index contributed by atoms with van der Waals surface area (Å²) in [6.07, 6.45) is 2.18. The molecule has 1 aromatic carbocycles. The first-order valence-electron chi connectivity index (χ1n) is 6.16. The number of rotatable bonds is 4. The van der Waals surface area contributed by atoms with E-state index in [4.69, 9.17) is 5.73 Å². The van der Waals surface area contributed by atoms with Crippen LogP contribution in [-0.4, -0.2) is 20.2 Å². The Kier molecular flexibility index (Phi) is 3.24. The van der Waals surface area contributed by atoms with E-state index in [9.17, 15) is 4.39 Å². The Balaban J connectivity index is 1.84. The maximum absolute atomic E-state index is 14.0. The van der Waals surface area contributed by atoms with Crippen molar-refractivity contribution in [3.63, 3.8) is 0 Å². The highest BCUT2D eigenvalue weighted by Gasteiger charge is 2.28. The fourth-order valence-electron chi connectivity index (χ4n) is 1.78. The molecule has 1 atom stereocenters. The molecule has 5 nitrogen and oxygen atoms in total. The molecule has 1 heterocycles. The smallest absolute Gasteiger partial charge is 0.214 e. The summed E-state index contributed by atoms with van der Waals surface area (Å²) >= 11 is 1.25. The lowest BCUT2D eigenvalue weighted by Gasteiger charge is -2.08. The molecule has 7 heteroatoms. The SMILES string of the molecule is CC(N)c1ccc(Sc2nnnn2C2CC2)c(F)c1. The molecule has 0 spiro atoms. The average Bonchev–Trinajstić information content (AvgIpc) is 3.12. The van der Waals surface area contributed by atoms with E-state index in [0.717, 1.165) is 18.4 Å². The molecule has 1 saturated carbocycles. The Labute approximate surface area is 114 Å². The van der Waals surface area contributed by atoms with Crippen molar-refractivity contribution < 1.29 is 4.39 Å². The molecule has 1 aliphatic carbocycles. The molecule has 3 rings (SSSR count). The lowest BCUT2D eigenvalue weighted by Crippen LogP contribution is -2.05. The first-order chi connectivity index (χ1) is 9.15. The largest absolute Gasteiger partial charge is 0.324 e. The van der Waals surface area contributed by atoms with Gasteiger partial charge >= 0.3 is 0 Å². The highest BCUT2D eigenvalue weighted by atomic mass is 32.2. The number of hydrogen-bond donors (Lipinski definition) is 1. The predicted octanol–water partition coefficient (Wildman–Crippen LogP) is 2.32. The minimum atomic E-state index is -0.287. The lowest BCUT2D eigenvalue weighted by atomic mass is 10.1. The minimum Gasteiger partial charge on any atom is -0.324 e. The molecule has 0 amide bonds. The molecule has 1 unspecified atom stereocenters. The first-order valence-corrected chi connectivity index (χ1v) is 6.97. The maximum atomic E-state index is 14.0. The molecule has 19 heavy (non-hydrogen) atoms. The van der Waals surface area contributed by atoms with Crippen LogP contribution < -0.4 is 5.73 Å². The van der Waals surface area contributed by atoms with Crippen LogP contribution in [0.1, 0.15) is 37.4 Å². The van der Waals surface area contributed by atoms with Gasteiger partial charge in [0.1, 0.15) is 5.82 Å². The third-order valence-corrected chi connectivity index (χ3v) is 4.04. The molecule has 1 aliphatic rings. The highest BCUT2D eigenvalue weighted by molar-refractivity contribution is 7.99. The summed E-state index contributed by atoms with van der Waals surface area (Å²) in [6.45, 7) is 1.83. The van der Waals surface area contributed by atoms with E-state index in [2.05, 4.69) is 15.5 Å². The Morgan fingerprint density at radius 1 is 1.47 bits per heavy atom. The van der Waals surface area contributed by atoms with Gasteiger partial charge in [-0.25, -0.2) is 9.07 Å². The minimum absolute atomic E-state index is 0.176. The molecule has 100 valence electrons. The zero-order chi connectivity index (χ0) is 13.4. The van der Waals surface area contributed by atoms with Crippen LogP contribution in [0.4, 0.5) is 4.39 Å². The second-order valence-corrected chi connectivity index (χ2v) is 5.73. The third kappa shape index (κ3) is 2.62. The molecule has 0 saturated heterocycles. The van der Waals surface area contributed by atoms with Crippen LogP contribution in [0.5, 0.6) is 0 Å². The van der Waals surface area contributed by atoms with Crippen LogP contribution >= 0.6 is 11.8 Å². The average molecular weight is 279 g/mol. The Hall–Kier alpha value is -1.47. The summed E-state index contributed by atoms with van der Waals surface area (Å²) in [5.74, 6) is -0.287. The second kappa shape index (κ2) is 4.90. The number of hydrogen-bond acceptors (Lipinski definition) is 5. The van der Waals surface area contributed by atoms with Gasteiger partial charge in [0.15, 0.2) is 0 Å². The van der Waals surface area contributed by atoms with Gasteiger partial charge in [-0.2, -0.15) is 0 Å². The van der Waals surface area contributed by atoms with Crippen molar-refractivity contribution in [1.29, 1.82) is 0 Å². The van der Waals surface area contributed by atoms with Gasteiger partial charge in [-0.1, -0.05) is 6.07 Å². The topological polar surface area (TPSA) is 69.6 Å². The zero-order valence-corrected chi connectivity index (χ0v) is 11.3. The fourth-order valence-corrected chi connectivity index (χ4v) is 2.63. The van der Waals surface area contributed by atoms with Crippen LogP contribution in [0.3, 0.4) is 0 Å². The lowest BCUT2D eigenvalue weighted by molar-refractivity contribution is 0.563. The fraction of sp³-hybridized carbons (Fsp3) is 0.417. The molecular weight excluding hydrogens is 265 g/mol. The van der Waals surface area contributed by atoms with E-state index in [0.29, 0.717) is 16.1 Å².